The highest BCUT2D eigenvalue weighted by molar-refractivity contribution is 5.94. The average molecular weight is 276 g/mol. The Kier molecular flexibility index (Phi) is 3.90. The summed E-state index contributed by atoms with van der Waals surface area (Å²) in [6.07, 6.45) is -1.33. The van der Waals surface area contributed by atoms with Gasteiger partial charge in [0.25, 0.3) is 0 Å². The molecule has 1 N–H and O–H groups in total. The molecule has 0 saturated heterocycles. The zero-order valence-corrected chi connectivity index (χ0v) is 11.4. The Morgan fingerprint density at radius 3 is 2.65 bits per heavy atom. The minimum atomic E-state index is -0.693. The van der Waals surface area contributed by atoms with E-state index in [9.17, 15) is 14.7 Å². The lowest BCUT2D eigenvalue weighted by Crippen LogP contribution is -2.26. The number of hydrogen-bond acceptors (Lipinski definition) is 5. The number of aliphatic hydroxyl groups is 1. The standard InChI is InChI=1S/C15H16O5/c1-8(7-16)14-15(19-10(3)18)12-6-11(9(2)17)4-5-13(12)20-14/h4-6,14-16H,1,7H2,2-3H3/t14-,15-/m1/s1. The van der Waals surface area contributed by atoms with Gasteiger partial charge >= 0.3 is 5.97 Å². The van der Waals surface area contributed by atoms with Crippen LogP contribution in [0.4, 0.5) is 0 Å². The van der Waals surface area contributed by atoms with E-state index in [1.165, 1.54) is 13.8 Å². The highest BCUT2D eigenvalue weighted by Gasteiger charge is 2.38. The predicted octanol–water partition coefficient (Wildman–Crippen LogP) is 1.80. The first-order valence-corrected chi connectivity index (χ1v) is 6.21. The van der Waals surface area contributed by atoms with Crippen molar-refractivity contribution < 1.29 is 24.2 Å². The number of esters is 1. The van der Waals surface area contributed by atoms with Gasteiger partial charge in [-0.2, -0.15) is 0 Å². The first kappa shape index (κ1) is 14.3. The summed E-state index contributed by atoms with van der Waals surface area (Å²) in [5.74, 6) is -0.0184. The molecule has 0 amide bonds. The molecule has 1 heterocycles. The Balaban J connectivity index is 2.42. The Morgan fingerprint density at radius 2 is 2.10 bits per heavy atom. The van der Waals surface area contributed by atoms with Crippen LogP contribution < -0.4 is 4.74 Å². The molecule has 0 fully saturated rings. The summed E-state index contributed by atoms with van der Waals surface area (Å²) in [5.41, 5.74) is 1.55. The van der Waals surface area contributed by atoms with Gasteiger partial charge in [0, 0.05) is 18.1 Å². The van der Waals surface area contributed by atoms with Gasteiger partial charge in [0.05, 0.1) is 6.61 Å². The van der Waals surface area contributed by atoms with E-state index >= 15 is 0 Å². The molecule has 0 spiro atoms. The van der Waals surface area contributed by atoms with Gasteiger partial charge in [0.2, 0.25) is 0 Å². The van der Waals surface area contributed by atoms with Crippen LogP contribution in [0.2, 0.25) is 0 Å². The van der Waals surface area contributed by atoms with E-state index in [-0.39, 0.29) is 12.4 Å². The zero-order valence-electron chi connectivity index (χ0n) is 11.4. The van der Waals surface area contributed by atoms with Crippen LogP contribution in [0.25, 0.3) is 0 Å². The molecule has 1 aliphatic rings. The summed E-state index contributed by atoms with van der Waals surface area (Å²) in [7, 11) is 0. The number of hydrogen-bond donors (Lipinski definition) is 1. The number of ether oxygens (including phenoxy) is 2. The number of ketones is 1. The quantitative estimate of drug-likeness (QED) is 0.516. The lowest BCUT2D eigenvalue weighted by molar-refractivity contribution is -0.149. The smallest absolute Gasteiger partial charge is 0.303 e. The Morgan fingerprint density at radius 1 is 1.40 bits per heavy atom. The van der Waals surface area contributed by atoms with Crippen molar-refractivity contribution >= 4 is 11.8 Å². The van der Waals surface area contributed by atoms with Crippen LogP contribution in [-0.2, 0) is 9.53 Å². The summed E-state index contributed by atoms with van der Waals surface area (Å²) < 4.78 is 10.9. The minimum absolute atomic E-state index is 0.0844. The van der Waals surface area contributed by atoms with E-state index in [0.717, 1.165) is 0 Å². The van der Waals surface area contributed by atoms with Crippen molar-refractivity contribution in [2.75, 3.05) is 6.61 Å². The predicted molar refractivity (Wildman–Crippen MR) is 71.6 cm³/mol. The lowest BCUT2D eigenvalue weighted by atomic mass is 9.99. The second-order valence-corrected chi connectivity index (χ2v) is 4.69. The number of benzene rings is 1. The van der Waals surface area contributed by atoms with Crippen LogP contribution in [-0.4, -0.2) is 29.6 Å². The van der Waals surface area contributed by atoms with Crippen LogP contribution in [0.3, 0.4) is 0 Å². The summed E-state index contributed by atoms with van der Waals surface area (Å²) >= 11 is 0. The monoisotopic (exact) mass is 276 g/mol. The maximum Gasteiger partial charge on any atom is 0.303 e. The molecular formula is C15H16O5. The van der Waals surface area contributed by atoms with Crippen molar-refractivity contribution in [1.29, 1.82) is 0 Å². The van der Waals surface area contributed by atoms with Crippen LogP contribution in [0.5, 0.6) is 5.75 Å². The lowest BCUT2D eigenvalue weighted by Gasteiger charge is -2.19. The summed E-state index contributed by atoms with van der Waals surface area (Å²) in [5, 5.41) is 9.19. The molecule has 106 valence electrons. The summed E-state index contributed by atoms with van der Waals surface area (Å²) in [4.78, 5) is 22.7. The fraction of sp³-hybridized carbons (Fsp3) is 0.333. The number of carbonyl (C=O) groups is 2. The van der Waals surface area contributed by atoms with Crippen molar-refractivity contribution in [1.82, 2.24) is 0 Å². The van der Waals surface area contributed by atoms with Gasteiger partial charge in [-0.25, -0.2) is 0 Å². The van der Waals surface area contributed by atoms with Crippen molar-refractivity contribution in [2.24, 2.45) is 0 Å². The van der Waals surface area contributed by atoms with Gasteiger partial charge in [-0.15, -0.1) is 0 Å². The molecule has 0 radical (unpaired) electrons. The molecule has 0 aromatic heterocycles. The number of fused-ring (bicyclic) bond motifs is 1. The number of carbonyl (C=O) groups excluding carboxylic acids is 2. The van der Waals surface area contributed by atoms with Crippen LogP contribution in [0.1, 0.15) is 35.9 Å². The highest BCUT2D eigenvalue weighted by atomic mass is 16.6. The Hall–Kier alpha value is -2.14. The van der Waals surface area contributed by atoms with Crippen molar-refractivity contribution in [2.45, 2.75) is 26.1 Å². The summed E-state index contributed by atoms with van der Waals surface area (Å²) in [6, 6.07) is 4.96. The van der Waals surface area contributed by atoms with Crippen LogP contribution in [0, 0.1) is 0 Å². The van der Waals surface area contributed by atoms with Gasteiger partial charge in [-0.1, -0.05) is 6.58 Å². The number of Topliss-reactive ketones (excluding diaryl/α,β-unsaturated/α-hetero) is 1. The molecule has 0 unspecified atom stereocenters. The van der Waals surface area contributed by atoms with E-state index < -0.39 is 18.2 Å². The third kappa shape index (κ3) is 2.58. The van der Waals surface area contributed by atoms with Gasteiger partial charge < -0.3 is 14.6 Å². The molecule has 0 aliphatic carbocycles. The number of rotatable bonds is 4. The van der Waals surface area contributed by atoms with E-state index in [1.807, 2.05) is 0 Å². The zero-order chi connectivity index (χ0) is 14.9. The van der Waals surface area contributed by atoms with Gasteiger partial charge in [-0.3, -0.25) is 9.59 Å². The third-order valence-corrected chi connectivity index (χ3v) is 3.15. The first-order valence-electron chi connectivity index (χ1n) is 6.21. The second-order valence-electron chi connectivity index (χ2n) is 4.69. The topological polar surface area (TPSA) is 72.8 Å². The third-order valence-electron chi connectivity index (χ3n) is 3.15. The van der Waals surface area contributed by atoms with E-state index in [0.29, 0.717) is 22.4 Å². The molecule has 1 aliphatic heterocycles. The second kappa shape index (κ2) is 5.46. The Labute approximate surface area is 116 Å². The number of aliphatic hydroxyl groups excluding tert-OH is 1. The fourth-order valence-electron chi connectivity index (χ4n) is 2.15. The largest absolute Gasteiger partial charge is 0.481 e. The van der Waals surface area contributed by atoms with Crippen molar-refractivity contribution in [3.63, 3.8) is 0 Å². The minimum Gasteiger partial charge on any atom is -0.481 e. The molecular weight excluding hydrogens is 260 g/mol. The molecule has 5 nitrogen and oxygen atoms in total. The van der Waals surface area contributed by atoms with Crippen LogP contribution in [0.15, 0.2) is 30.4 Å². The molecule has 1 aromatic rings. The maximum absolute atomic E-state index is 11.4. The Bertz CT molecular complexity index is 576. The molecule has 20 heavy (non-hydrogen) atoms. The van der Waals surface area contributed by atoms with Crippen molar-refractivity contribution in [3.8, 4) is 5.75 Å². The summed E-state index contributed by atoms with van der Waals surface area (Å²) in [6.45, 7) is 6.21. The average Bonchev–Trinajstić information content (AvgIpc) is 2.75. The molecule has 0 saturated carbocycles. The van der Waals surface area contributed by atoms with E-state index in [2.05, 4.69) is 6.58 Å². The van der Waals surface area contributed by atoms with E-state index in [4.69, 9.17) is 9.47 Å². The molecule has 2 atom stereocenters. The van der Waals surface area contributed by atoms with Gasteiger partial charge in [0.15, 0.2) is 18.0 Å². The molecule has 5 heteroatoms. The van der Waals surface area contributed by atoms with Crippen molar-refractivity contribution in [3.05, 3.63) is 41.5 Å². The molecule has 2 rings (SSSR count). The normalized spacial score (nSPS) is 19.9. The molecule has 0 bridgehead atoms. The highest BCUT2D eigenvalue weighted by Crippen LogP contribution is 2.41. The van der Waals surface area contributed by atoms with Gasteiger partial charge in [-0.05, 0) is 30.7 Å². The fourth-order valence-corrected chi connectivity index (χ4v) is 2.15. The SMILES string of the molecule is C=C(CO)[C@H]1Oc2ccc(C(C)=O)cc2[C@H]1OC(C)=O. The maximum atomic E-state index is 11.4. The molecule has 1 aromatic carbocycles. The van der Waals surface area contributed by atoms with E-state index in [1.54, 1.807) is 18.2 Å². The van der Waals surface area contributed by atoms with Crippen LogP contribution >= 0.6 is 0 Å². The van der Waals surface area contributed by atoms with Gasteiger partial charge in [0.1, 0.15) is 5.75 Å². The first-order chi connectivity index (χ1) is 9.43.